The molecule has 1 saturated heterocycles. The van der Waals surface area contributed by atoms with E-state index in [0.717, 1.165) is 30.6 Å². The van der Waals surface area contributed by atoms with E-state index in [9.17, 15) is 5.11 Å². The summed E-state index contributed by atoms with van der Waals surface area (Å²) in [6, 6.07) is 7.81. The van der Waals surface area contributed by atoms with Crippen molar-refractivity contribution in [3.63, 3.8) is 0 Å². The zero-order chi connectivity index (χ0) is 10.7. The third-order valence-electron chi connectivity index (χ3n) is 2.92. The Labute approximate surface area is 89.9 Å². The average molecular weight is 207 g/mol. The number of nitrogens with two attached hydrogens (primary N) is 1. The zero-order valence-corrected chi connectivity index (χ0v) is 8.78. The average Bonchev–Trinajstić information content (AvgIpc) is 2.30. The molecule has 0 radical (unpaired) electrons. The lowest BCUT2D eigenvalue weighted by atomic mass is 9.87. The highest BCUT2D eigenvalue weighted by Gasteiger charge is 2.31. The van der Waals surface area contributed by atoms with Crippen LogP contribution in [0.5, 0.6) is 0 Å². The van der Waals surface area contributed by atoms with Crippen LogP contribution in [0.3, 0.4) is 0 Å². The molecule has 1 aromatic rings. The maximum atomic E-state index is 10.4. The van der Waals surface area contributed by atoms with Gasteiger partial charge in [0.2, 0.25) is 0 Å². The van der Waals surface area contributed by atoms with E-state index in [1.807, 2.05) is 24.3 Å². The van der Waals surface area contributed by atoms with Gasteiger partial charge in [0.25, 0.3) is 0 Å². The maximum absolute atomic E-state index is 10.4. The highest BCUT2D eigenvalue weighted by atomic mass is 16.5. The molecule has 15 heavy (non-hydrogen) atoms. The molecule has 3 N–H and O–H groups in total. The second kappa shape index (κ2) is 4.31. The predicted octanol–water partition coefficient (Wildman–Crippen LogP) is 1.14. The van der Waals surface area contributed by atoms with Crippen LogP contribution in [0.15, 0.2) is 24.3 Å². The molecule has 1 aromatic carbocycles. The van der Waals surface area contributed by atoms with E-state index in [4.69, 9.17) is 10.5 Å². The number of aliphatic hydroxyl groups is 1. The standard InChI is InChI=1S/C12H17NO2/c13-8-10-3-1-4-11(7-10)12(14)5-2-6-15-9-12/h1,3-4,7,14H,2,5-6,8-9,13H2. The van der Waals surface area contributed by atoms with Gasteiger partial charge in [-0.2, -0.15) is 0 Å². The van der Waals surface area contributed by atoms with Crippen molar-refractivity contribution >= 4 is 0 Å². The van der Waals surface area contributed by atoms with Crippen LogP contribution in [-0.4, -0.2) is 18.3 Å². The fourth-order valence-corrected chi connectivity index (χ4v) is 2.00. The quantitative estimate of drug-likeness (QED) is 0.764. The van der Waals surface area contributed by atoms with E-state index in [2.05, 4.69) is 0 Å². The van der Waals surface area contributed by atoms with Crippen molar-refractivity contribution in [2.45, 2.75) is 25.0 Å². The Kier molecular flexibility index (Phi) is 3.05. The maximum Gasteiger partial charge on any atom is 0.113 e. The molecule has 0 aliphatic carbocycles. The van der Waals surface area contributed by atoms with Crippen molar-refractivity contribution < 1.29 is 9.84 Å². The molecule has 1 fully saturated rings. The Morgan fingerprint density at radius 1 is 1.47 bits per heavy atom. The van der Waals surface area contributed by atoms with E-state index in [0.29, 0.717) is 13.2 Å². The molecule has 1 atom stereocenters. The monoisotopic (exact) mass is 207 g/mol. The summed E-state index contributed by atoms with van der Waals surface area (Å²) in [6.45, 7) is 1.64. The number of hydrogen-bond acceptors (Lipinski definition) is 3. The summed E-state index contributed by atoms with van der Waals surface area (Å²) in [5.41, 5.74) is 6.73. The van der Waals surface area contributed by atoms with Crippen molar-refractivity contribution in [1.29, 1.82) is 0 Å². The van der Waals surface area contributed by atoms with Crippen molar-refractivity contribution in [1.82, 2.24) is 0 Å². The minimum Gasteiger partial charge on any atom is -0.383 e. The first-order valence-electron chi connectivity index (χ1n) is 5.34. The van der Waals surface area contributed by atoms with Crippen LogP contribution in [0.4, 0.5) is 0 Å². The normalized spacial score (nSPS) is 26.5. The smallest absolute Gasteiger partial charge is 0.113 e. The van der Waals surface area contributed by atoms with E-state index in [-0.39, 0.29) is 0 Å². The van der Waals surface area contributed by atoms with Gasteiger partial charge in [0, 0.05) is 13.2 Å². The van der Waals surface area contributed by atoms with E-state index in [1.54, 1.807) is 0 Å². The number of ether oxygens (including phenoxy) is 1. The number of benzene rings is 1. The van der Waals surface area contributed by atoms with Gasteiger partial charge in [-0.3, -0.25) is 0 Å². The Bertz CT molecular complexity index is 332. The SMILES string of the molecule is NCc1cccc(C2(O)CCCOC2)c1. The molecular formula is C12H17NO2. The molecule has 0 amide bonds. The van der Waals surface area contributed by atoms with Crippen LogP contribution in [0.25, 0.3) is 0 Å². The molecule has 2 rings (SSSR count). The highest BCUT2D eigenvalue weighted by molar-refractivity contribution is 5.28. The Balaban J connectivity index is 2.26. The van der Waals surface area contributed by atoms with Gasteiger partial charge in [-0.05, 0) is 24.0 Å². The molecule has 0 aromatic heterocycles. The minimum absolute atomic E-state index is 0.390. The molecule has 1 heterocycles. The van der Waals surface area contributed by atoms with Gasteiger partial charge in [-0.25, -0.2) is 0 Å². The van der Waals surface area contributed by atoms with Gasteiger partial charge in [0.05, 0.1) is 6.61 Å². The molecule has 1 aliphatic rings. The minimum atomic E-state index is -0.816. The summed E-state index contributed by atoms with van der Waals surface area (Å²) in [5, 5.41) is 10.4. The number of rotatable bonds is 2. The summed E-state index contributed by atoms with van der Waals surface area (Å²) < 4.78 is 5.33. The van der Waals surface area contributed by atoms with Gasteiger partial charge in [0.1, 0.15) is 5.60 Å². The molecule has 0 saturated carbocycles. The lowest BCUT2D eigenvalue weighted by Crippen LogP contribution is -2.35. The lowest BCUT2D eigenvalue weighted by molar-refractivity contribution is -0.0903. The van der Waals surface area contributed by atoms with Crippen molar-refractivity contribution in [2.24, 2.45) is 5.73 Å². The lowest BCUT2D eigenvalue weighted by Gasteiger charge is -2.32. The van der Waals surface area contributed by atoms with Crippen LogP contribution in [0.1, 0.15) is 24.0 Å². The van der Waals surface area contributed by atoms with Crippen LogP contribution < -0.4 is 5.73 Å². The zero-order valence-electron chi connectivity index (χ0n) is 8.78. The summed E-state index contributed by atoms with van der Waals surface area (Å²) in [4.78, 5) is 0. The van der Waals surface area contributed by atoms with E-state index < -0.39 is 5.60 Å². The predicted molar refractivity (Wildman–Crippen MR) is 58.3 cm³/mol. The van der Waals surface area contributed by atoms with Gasteiger partial charge < -0.3 is 15.6 Å². The van der Waals surface area contributed by atoms with Crippen molar-refractivity contribution in [3.8, 4) is 0 Å². The van der Waals surface area contributed by atoms with Gasteiger partial charge in [0.15, 0.2) is 0 Å². The second-order valence-corrected chi connectivity index (χ2v) is 4.09. The van der Waals surface area contributed by atoms with Crippen LogP contribution in [0, 0.1) is 0 Å². The van der Waals surface area contributed by atoms with Crippen LogP contribution >= 0.6 is 0 Å². The Hall–Kier alpha value is -0.900. The summed E-state index contributed by atoms with van der Waals surface area (Å²) in [6.07, 6.45) is 1.67. The molecular weight excluding hydrogens is 190 g/mol. The largest absolute Gasteiger partial charge is 0.383 e. The molecule has 3 heteroatoms. The van der Waals surface area contributed by atoms with Gasteiger partial charge in [-0.15, -0.1) is 0 Å². The number of hydrogen-bond donors (Lipinski definition) is 2. The highest BCUT2D eigenvalue weighted by Crippen LogP contribution is 2.30. The Morgan fingerprint density at radius 3 is 3.00 bits per heavy atom. The first-order valence-corrected chi connectivity index (χ1v) is 5.34. The summed E-state index contributed by atoms with van der Waals surface area (Å²) in [5.74, 6) is 0. The van der Waals surface area contributed by atoms with E-state index >= 15 is 0 Å². The topological polar surface area (TPSA) is 55.5 Å². The van der Waals surface area contributed by atoms with Gasteiger partial charge >= 0.3 is 0 Å². The molecule has 0 bridgehead atoms. The molecule has 1 aliphatic heterocycles. The fourth-order valence-electron chi connectivity index (χ4n) is 2.00. The van der Waals surface area contributed by atoms with Gasteiger partial charge in [-0.1, -0.05) is 24.3 Å². The first-order chi connectivity index (χ1) is 7.24. The second-order valence-electron chi connectivity index (χ2n) is 4.09. The summed E-state index contributed by atoms with van der Waals surface area (Å²) in [7, 11) is 0. The molecule has 3 nitrogen and oxygen atoms in total. The third kappa shape index (κ3) is 2.20. The van der Waals surface area contributed by atoms with E-state index in [1.165, 1.54) is 0 Å². The third-order valence-corrected chi connectivity index (χ3v) is 2.92. The fraction of sp³-hybridized carbons (Fsp3) is 0.500. The first kappa shape index (κ1) is 10.6. The van der Waals surface area contributed by atoms with Crippen LogP contribution in [-0.2, 0) is 16.9 Å². The molecule has 0 spiro atoms. The van der Waals surface area contributed by atoms with Crippen molar-refractivity contribution in [3.05, 3.63) is 35.4 Å². The molecule has 82 valence electrons. The summed E-state index contributed by atoms with van der Waals surface area (Å²) >= 11 is 0. The van der Waals surface area contributed by atoms with Crippen LogP contribution in [0.2, 0.25) is 0 Å². The van der Waals surface area contributed by atoms with Crippen molar-refractivity contribution in [2.75, 3.05) is 13.2 Å². The Morgan fingerprint density at radius 2 is 2.33 bits per heavy atom. The molecule has 1 unspecified atom stereocenters.